The van der Waals surface area contributed by atoms with Gasteiger partial charge in [-0.05, 0) is 54.8 Å². The molecule has 204 valence electrons. The van der Waals surface area contributed by atoms with E-state index in [1.807, 2.05) is 0 Å². The van der Waals surface area contributed by atoms with Crippen LogP contribution in [0, 0.1) is 13.8 Å². The number of anilines is 2. The van der Waals surface area contributed by atoms with E-state index in [1.54, 1.807) is 0 Å². The highest BCUT2D eigenvalue weighted by atomic mass is 15.2. The van der Waals surface area contributed by atoms with Gasteiger partial charge in [0.05, 0.1) is 5.56 Å². The fraction of sp³-hybridized carbons (Fsp3) is 0.270. The fourth-order valence-electron chi connectivity index (χ4n) is 7.43. The lowest BCUT2D eigenvalue weighted by Crippen LogP contribution is -2.58. The summed E-state index contributed by atoms with van der Waals surface area (Å²) in [5.74, 6) is 2.17. The Bertz CT molecular complexity index is 1780. The standard InChI is InChI=1S/C37H39BN3/c1-23(2)28-14-11-15-29(24(3)4)36(28)41-19-18-40-22-27-20-34-32(21-30(27)37(40)41)38(35-25(5)12-10-13-26(35)6)31-16-8-9-17-33(31)39(34)7/h8-21,23-24H,22H2,1-7H3/q+1. The molecule has 41 heavy (non-hydrogen) atoms. The summed E-state index contributed by atoms with van der Waals surface area (Å²) in [5, 5.41) is 0. The summed E-state index contributed by atoms with van der Waals surface area (Å²) in [5.41, 5.74) is 16.4. The van der Waals surface area contributed by atoms with Crippen LogP contribution < -0.4 is 25.9 Å². The monoisotopic (exact) mass is 536 g/mol. The lowest BCUT2D eigenvalue weighted by atomic mass is 9.34. The lowest BCUT2D eigenvalue weighted by Gasteiger charge is -2.35. The number of benzene rings is 4. The van der Waals surface area contributed by atoms with Crippen LogP contribution in [0.1, 0.15) is 67.3 Å². The van der Waals surface area contributed by atoms with E-state index in [0.717, 1.165) is 6.54 Å². The Labute approximate surface area is 245 Å². The van der Waals surface area contributed by atoms with Crippen LogP contribution in [0.2, 0.25) is 0 Å². The van der Waals surface area contributed by atoms with Crippen molar-refractivity contribution in [3.63, 3.8) is 0 Å². The maximum Gasteiger partial charge on any atom is 0.294 e. The highest BCUT2D eigenvalue weighted by Crippen LogP contribution is 2.38. The third-order valence-electron chi connectivity index (χ3n) is 9.43. The van der Waals surface area contributed by atoms with E-state index in [0.29, 0.717) is 11.8 Å². The second-order valence-corrected chi connectivity index (χ2v) is 12.6. The van der Waals surface area contributed by atoms with Crippen molar-refractivity contribution in [2.75, 3.05) is 11.9 Å². The Hall–Kier alpha value is -4.05. The van der Waals surface area contributed by atoms with Gasteiger partial charge in [-0.25, -0.2) is 4.57 Å². The Morgan fingerprint density at radius 1 is 0.756 bits per heavy atom. The molecule has 0 saturated carbocycles. The van der Waals surface area contributed by atoms with E-state index in [4.69, 9.17) is 0 Å². The summed E-state index contributed by atoms with van der Waals surface area (Å²) in [6.45, 7) is 14.9. The molecule has 0 amide bonds. The van der Waals surface area contributed by atoms with E-state index in [1.165, 1.54) is 72.7 Å². The molecule has 1 aromatic heterocycles. The first-order valence-corrected chi connectivity index (χ1v) is 15.1. The highest BCUT2D eigenvalue weighted by Gasteiger charge is 2.39. The molecular weight excluding hydrogens is 497 g/mol. The maximum absolute atomic E-state index is 2.52. The first-order valence-electron chi connectivity index (χ1n) is 15.1. The van der Waals surface area contributed by atoms with Gasteiger partial charge in [0.2, 0.25) is 6.71 Å². The minimum Gasteiger partial charge on any atom is -0.345 e. The predicted octanol–water partition coefficient (Wildman–Crippen LogP) is 6.25. The van der Waals surface area contributed by atoms with Crippen LogP contribution in [-0.4, -0.2) is 18.3 Å². The van der Waals surface area contributed by atoms with Gasteiger partial charge in [-0.2, -0.15) is 4.57 Å². The van der Waals surface area contributed by atoms with Gasteiger partial charge in [0, 0.05) is 35.1 Å². The van der Waals surface area contributed by atoms with Crippen LogP contribution in [-0.2, 0) is 6.54 Å². The Balaban J connectivity index is 1.50. The number of hydrogen-bond donors (Lipinski definition) is 0. The number of hydrogen-bond acceptors (Lipinski definition) is 1. The number of fused-ring (bicyclic) bond motifs is 5. The molecule has 0 atom stereocenters. The SMILES string of the molecule is Cc1cccc(C)c1B1c2ccccc2N(C)c2cc3c(cc21)-c1n(-c2c(C(C)C)cccc2C(C)C)cc[n+]1C3. The van der Waals surface area contributed by atoms with Crippen LogP contribution in [0.5, 0.6) is 0 Å². The number of para-hydroxylation sites is 2. The normalized spacial score (nSPS) is 13.5. The van der Waals surface area contributed by atoms with Crippen molar-refractivity contribution in [2.24, 2.45) is 0 Å². The second-order valence-electron chi connectivity index (χ2n) is 12.6. The molecule has 0 saturated heterocycles. The van der Waals surface area contributed by atoms with Gasteiger partial charge in [0.1, 0.15) is 24.6 Å². The van der Waals surface area contributed by atoms with Crippen molar-refractivity contribution < 1.29 is 4.57 Å². The molecular formula is C37H39BN3+. The average Bonchev–Trinajstić information content (AvgIpc) is 3.52. The van der Waals surface area contributed by atoms with E-state index in [-0.39, 0.29) is 6.71 Å². The first-order chi connectivity index (χ1) is 19.8. The molecule has 0 unspecified atom stereocenters. The molecule has 2 aliphatic heterocycles. The molecule has 0 N–H and O–H groups in total. The number of aryl methyl sites for hydroxylation is 2. The summed E-state index contributed by atoms with van der Waals surface area (Å²) < 4.78 is 4.93. The highest BCUT2D eigenvalue weighted by molar-refractivity contribution is 6.98. The molecule has 3 heterocycles. The minimum absolute atomic E-state index is 0.190. The van der Waals surface area contributed by atoms with Crippen LogP contribution in [0.3, 0.4) is 0 Å². The molecule has 0 spiro atoms. The average molecular weight is 537 g/mol. The van der Waals surface area contributed by atoms with Gasteiger partial charge in [-0.1, -0.05) is 98.9 Å². The van der Waals surface area contributed by atoms with Crippen LogP contribution in [0.4, 0.5) is 11.4 Å². The molecule has 0 bridgehead atoms. The Morgan fingerprint density at radius 2 is 1.41 bits per heavy atom. The summed E-state index contributed by atoms with van der Waals surface area (Å²) in [4.78, 5) is 2.40. The molecule has 2 aliphatic rings. The van der Waals surface area contributed by atoms with Crippen LogP contribution >= 0.6 is 0 Å². The summed E-state index contributed by atoms with van der Waals surface area (Å²) in [6.07, 6.45) is 4.56. The summed E-state index contributed by atoms with van der Waals surface area (Å²) in [6, 6.07) is 27.6. The van der Waals surface area contributed by atoms with Gasteiger partial charge in [0.25, 0.3) is 5.82 Å². The first kappa shape index (κ1) is 25.9. The maximum atomic E-state index is 2.52. The largest absolute Gasteiger partial charge is 0.345 e. The van der Waals surface area contributed by atoms with E-state index in [9.17, 15) is 0 Å². The van der Waals surface area contributed by atoms with E-state index in [2.05, 4.69) is 148 Å². The minimum atomic E-state index is 0.190. The van der Waals surface area contributed by atoms with Gasteiger partial charge in [-0.15, -0.1) is 0 Å². The third kappa shape index (κ3) is 3.84. The van der Waals surface area contributed by atoms with Gasteiger partial charge in [-0.3, -0.25) is 0 Å². The van der Waals surface area contributed by atoms with Crippen molar-refractivity contribution in [1.29, 1.82) is 0 Å². The molecule has 7 rings (SSSR count). The number of aromatic nitrogens is 2. The topological polar surface area (TPSA) is 12.1 Å². The van der Waals surface area contributed by atoms with Crippen molar-refractivity contribution >= 4 is 34.5 Å². The summed E-state index contributed by atoms with van der Waals surface area (Å²) >= 11 is 0. The smallest absolute Gasteiger partial charge is 0.294 e. The van der Waals surface area contributed by atoms with Crippen LogP contribution in [0.15, 0.2) is 85.2 Å². The zero-order chi connectivity index (χ0) is 28.6. The molecule has 0 radical (unpaired) electrons. The lowest BCUT2D eigenvalue weighted by molar-refractivity contribution is -0.671. The number of rotatable bonds is 4. The molecule has 3 nitrogen and oxygen atoms in total. The molecule has 4 aromatic carbocycles. The molecule has 0 aliphatic carbocycles. The molecule has 0 fully saturated rings. The van der Waals surface area contributed by atoms with Crippen molar-refractivity contribution in [3.05, 3.63) is 113 Å². The number of imidazole rings is 1. The van der Waals surface area contributed by atoms with E-state index < -0.39 is 0 Å². The molecule has 5 aromatic rings. The Kier molecular flexibility index (Phi) is 6.01. The quantitative estimate of drug-likeness (QED) is 0.192. The predicted molar refractivity (Wildman–Crippen MR) is 174 cm³/mol. The van der Waals surface area contributed by atoms with Gasteiger partial charge >= 0.3 is 0 Å². The zero-order valence-corrected chi connectivity index (χ0v) is 25.4. The van der Waals surface area contributed by atoms with Gasteiger partial charge < -0.3 is 4.90 Å². The van der Waals surface area contributed by atoms with Crippen molar-refractivity contribution in [2.45, 2.75) is 59.9 Å². The van der Waals surface area contributed by atoms with Crippen molar-refractivity contribution in [1.82, 2.24) is 4.57 Å². The zero-order valence-electron chi connectivity index (χ0n) is 25.4. The Morgan fingerprint density at radius 3 is 2.10 bits per heavy atom. The van der Waals surface area contributed by atoms with Crippen LogP contribution in [0.25, 0.3) is 17.1 Å². The number of nitrogens with zero attached hydrogens (tertiary/aromatic N) is 3. The fourth-order valence-corrected chi connectivity index (χ4v) is 7.43. The van der Waals surface area contributed by atoms with E-state index >= 15 is 0 Å². The molecule has 4 heteroatoms. The summed E-state index contributed by atoms with van der Waals surface area (Å²) in [7, 11) is 2.23. The second kappa shape index (κ2) is 9.51. The third-order valence-corrected chi connectivity index (χ3v) is 9.43. The van der Waals surface area contributed by atoms with Crippen molar-refractivity contribution in [3.8, 4) is 17.1 Å². The van der Waals surface area contributed by atoms with Gasteiger partial charge in [0.15, 0.2) is 0 Å².